The first kappa shape index (κ1) is 15.0. The topological polar surface area (TPSA) is 35.5 Å². The molecule has 1 aliphatic carbocycles. The van der Waals surface area contributed by atoms with E-state index in [4.69, 9.17) is 9.47 Å². The van der Waals surface area contributed by atoms with Crippen molar-refractivity contribution in [2.75, 3.05) is 13.2 Å². The van der Waals surface area contributed by atoms with Crippen LogP contribution in [0, 0.1) is 0 Å². The van der Waals surface area contributed by atoms with Crippen molar-refractivity contribution in [3.05, 3.63) is 29.8 Å². The lowest BCUT2D eigenvalue weighted by molar-refractivity contribution is -0.0411. The molecule has 1 aromatic rings. The van der Waals surface area contributed by atoms with Gasteiger partial charge in [-0.15, -0.1) is 0 Å². The van der Waals surface area contributed by atoms with E-state index in [0.29, 0.717) is 13.2 Å². The van der Waals surface area contributed by atoms with E-state index in [9.17, 15) is 4.79 Å². The van der Waals surface area contributed by atoms with Crippen LogP contribution in [0.2, 0.25) is 0 Å². The van der Waals surface area contributed by atoms with Gasteiger partial charge in [-0.25, -0.2) is 0 Å². The van der Waals surface area contributed by atoms with Gasteiger partial charge in [-0.05, 0) is 51.0 Å². The summed E-state index contributed by atoms with van der Waals surface area (Å²) in [5.74, 6) is 0.931. The largest absolute Gasteiger partial charge is 0.494 e. The normalized spacial score (nSPS) is 17.7. The molecule has 0 radical (unpaired) electrons. The first-order chi connectivity index (χ1) is 9.72. The summed E-state index contributed by atoms with van der Waals surface area (Å²) in [6.07, 6.45) is 5.02. The van der Waals surface area contributed by atoms with Crippen molar-refractivity contribution < 1.29 is 14.3 Å². The highest BCUT2D eigenvalue weighted by atomic mass is 16.5. The Labute approximate surface area is 121 Å². The Morgan fingerprint density at radius 2 is 1.70 bits per heavy atom. The molecule has 2 rings (SSSR count). The molecule has 1 saturated carbocycles. The third kappa shape index (κ3) is 3.21. The molecule has 20 heavy (non-hydrogen) atoms. The van der Waals surface area contributed by atoms with Crippen molar-refractivity contribution in [3.8, 4) is 5.75 Å². The van der Waals surface area contributed by atoms with E-state index in [2.05, 4.69) is 0 Å². The summed E-state index contributed by atoms with van der Waals surface area (Å²) < 4.78 is 11.3. The Hall–Kier alpha value is -1.35. The lowest BCUT2D eigenvalue weighted by Crippen LogP contribution is -2.43. The predicted octanol–water partition coefficient (Wildman–Crippen LogP) is 4.01. The highest BCUT2D eigenvalue weighted by Crippen LogP contribution is 2.35. The minimum atomic E-state index is -0.597. The molecule has 0 unspecified atom stereocenters. The van der Waals surface area contributed by atoms with Crippen LogP contribution in [-0.4, -0.2) is 24.6 Å². The zero-order valence-electron chi connectivity index (χ0n) is 12.5. The number of benzene rings is 1. The molecule has 0 amide bonds. The lowest BCUT2D eigenvalue weighted by Gasteiger charge is -2.35. The molecule has 1 aliphatic rings. The van der Waals surface area contributed by atoms with Crippen LogP contribution in [0.5, 0.6) is 5.75 Å². The zero-order valence-corrected chi connectivity index (χ0v) is 12.5. The van der Waals surface area contributed by atoms with Gasteiger partial charge in [0.15, 0.2) is 5.78 Å². The summed E-state index contributed by atoms with van der Waals surface area (Å²) in [7, 11) is 0. The molecule has 0 bridgehead atoms. The summed E-state index contributed by atoms with van der Waals surface area (Å²) in [4.78, 5) is 12.8. The Balaban J connectivity index is 2.18. The highest BCUT2D eigenvalue weighted by molar-refractivity contribution is 6.02. The SMILES string of the molecule is CCOc1ccc(C(=O)C2(OCC)CCCCC2)cc1. The van der Waals surface area contributed by atoms with Crippen molar-refractivity contribution in [3.63, 3.8) is 0 Å². The average Bonchev–Trinajstić information content (AvgIpc) is 2.49. The van der Waals surface area contributed by atoms with Gasteiger partial charge in [-0.1, -0.05) is 19.3 Å². The van der Waals surface area contributed by atoms with Crippen LogP contribution < -0.4 is 4.74 Å². The van der Waals surface area contributed by atoms with Gasteiger partial charge < -0.3 is 9.47 Å². The second-order valence-corrected chi connectivity index (χ2v) is 5.27. The van der Waals surface area contributed by atoms with Gasteiger partial charge in [0.25, 0.3) is 0 Å². The number of hydrogen-bond acceptors (Lipinski definition) is 3. The number of ketones is 1. The molecule has 0 saturated heterocycles. The van der Waals surface area contributed by atoms with Gasteiger partial charge in [0, 0.05) is 12.2 Å². The molecular weight excluding hydrogens is 252 g/mol. The van der Waals surface area contributed by atoms with Gasteiger partial charge in [-0.3, -0.25) is 4.79 Å². The second-order valence-electron chi connectivity index (χ2n) is 5.27. The van der Waals surface area contributed by atoms with Gasteiger partial charge in [-0.2, -0.15) is 0 Å². The monoisotopic (exact) mass is 276 g/mol. The van der Waals surface area contributed by atoms with Crippen LogP contribution in [0.3, 0.4) is 0 Å². The van der Waals surface area contributed by atoms with E-state index in [0.717, 1.165) is 37.0 Å². The first-order valence-corrected chi connectivity index (χ1v) is 7.63. The molecule has 3 heteroatoms. The van der Waals surface area contributed by atoms with Gasteiger partial charge in [0.1, 0.15) is 11.4 Å². The molecule has 0 aromatic heterocycles. The van der Waals surface area contributed by atoms with Crippen molar-refractivity contribution in [2.45, 2.75) is 51.6 Å². The molecule has 0 heterocycles. The second kappa shape index (κ2) is 6.89. The van der Waals surface area contributed by atoms with Crippen molar-refractivity contribution in [2.24, 2.45) is 0 Å². The van der Waals surface area contributed by atoms with E-state index in [1.807, 2.05) is 38.1 Å². The van der Waals surface area contributed by atoms with Crippen LogP contribution >= 0.6 is 0 Å². The van der Waals surface area contributed by atoms with Gasteiger partial charge in [0.2, 0.25) is 0 Å². The molecule has 1 fully saturated rings. The summed E-state index contributed by atoms with van der Waals surface area (Å²) >= 11 is 0. The van der Waals surface area contributed by atoms with Crippen LogP contribution in [0.4, 0.5) is 0 Å². The number of rotatable bonds is 6. The summed E-state index contributed by atoms with van der Waals surface area (Å²) in [5.41, 5.74) is 0.129. The maximum absolute atomic E-state index is 12.8. The fraction of sp³-hybridized carbons (Fsp3) is 0.588. The standard InChI is InChI=1S/C17H24O3/c1-3-19-15-10-8-14(9-11-15)16(18)17(20-4-2)12-6-5-7-13-17/h8-11H,3-7,12-13H2,1-2H3. The minimum absolute atomic E-state index is 0.127. The fourth-order valence-corrected chi connectivity index (χ4v) is 2.97. The van der Waals surface area contributed by atoms with Crippen LogP contribution in [0.15, 0.2) is 24.3 Å². The Morgan fingerprint density at radius 1 is 1.05 bits per heavy atom. The molecule has 110 valence electrons. The molecule has 0 N–H and O–H groups in total. The number of Topliss-reactive ketones (excluding diaryl/α,β-unsaturated/α-hetero) is 1. The fourth-order valence-electron chi connectivity index (χ4n) is 2.97. The van der Waals surface area contributed by atoms with E-state index < -0.39 is 5.60 Å². The van der Waals surface area contributed by atoms with Crippen LogP contribution in [-0.2, 0) is 4.74 Å². The van der Waals surface area contributed by atoms with Gasteiger partial charge in [0.05, 0.1) is 6.61 Å². The maximum Gasteiger partial charge on any atom is 0.194 e. The molecule has 1 aromatic carbocycles. The van der Waals surface area contributed by atoms with Crippen molar-refractivity contribution in [1.82, 2.24) is 0 Å². The predicted molar refractivity (Wildman–Crippen MR) is 79.4 cm³/mol. The van der Waals surface area contributed by atoms with E-state index >= 15 is 0 Å². The van der Waals surface area contributed by atoms with Crippen LogP contribution in [0.1, 0.15) is 56.3 Å². The third-order valence-corrected chi connectivity index (χ3v) is 3.92. The number of carbonyl (C=O) groups excluding carboxylic acids is 1. The third-order valence-electron chi connectivity index (χ3n) is 3.92. The number of hydrogen-bond donors (Lipinski definition) is 0. The Bertz CT molecular complexity index is 425. The molecule has 0 atom stereocenters. The minimum Gasteiger partial charge on any atom is -0.494 e. The summed E-state index contributed by atoms with van der Waals surface area (Å²) in [6.45, 7) is 5.13. The molecule has 0 aliphatic heterocycles. The van der Waals surface area contributed by atoms with E-state index in [-0.39, 0.29) is 5.78 Å². The molecule has 0 spiro atoms. The van der Waals surface area contributed by atoms with E-state index in [1.54, 1.807) is 0 Å². The summed E-state index contributed by atoms with van der Waals surface area (Å²) in [6, 6.07) is 7.42. The maximum atomic E-state index is 12.8. The first-order valence-electron chi connectivity index (χ1n) is 7.63. The molecular formula is C17H24O3. The Kier molecular flexibility index (Phi) is 5.18. The average molecular weight is 276 g/mol. The number of carbonyl (C=O) groups is 1. The summed E-state index contributed by atoms with van der Waals surface area (Å²) in [5, 5.41) is 0. The quantitative estimate of drug-likeness (QED) is 0.736. The van der Waals surface area contributed by atoms with Crippen molar-refractivity contribution in [1.29, 1.82) is 0 Å². The zero-order chi connectivity index (χ0) is 14.4. The van der Waals surface area contributed by atoms with Gasteiger partial charge >= 0.3 is 0 Å². The number of ether oxygens (including phenoxy) is 2. The Morgan fingerprint density at radius 3 is 2.25 bits per heavy atom. The van der Waals surface area contributed by atoms with Crippen LogP contribution in [0.25, 0.3) is 0 Å². The highest BCUT2D eigenvalue weighted by Gasteiger charge is 2.40. The van der Waals surface area contributed by atoms with E-state index in [1.165, 1.54) is 6.42 Å². The lowest BCUT2D eigenvalue weighted by atomic mass is 9.79. The van der Waals surface area contributed by atoms with Crippen molar-refractivity contribution >= 4 is 5.78 Å². The molecule has 3 nitrogen and oxygen atoms in total. The smallest absolute Gasteiger partial charge is 0.194 e.